The van der Waals surface area contributed by atoms with Gasteiger partial charge in [0.25, 0.3) is 0 Å². The summed E-state index contributed by atoms with van der Waals surface area (Å²) in [6.07, 6.45) is 0.197. The van der Waals surface area contributed by atoms with Gasteiger partial charge in [-0.1, -0.05) is 12.1 Å². The summed E-state index contributed by atoms with van der Waals surface area (Å²) >= 11 is 0. The van der Waals surface area contributed by atoms with Crippen molar-refractivity contribution in [3.63, 3.8) is 0 Å². The highest BCUT2D eigenvalue weighted by molar-refractivity contribution is 6.09. The molecule has 0 unspecified atom stereocenters. The molecule has 0 saturated heterocycles. The van der Waals surface area contributed by atoms with E-state index in [2.05, 4.69) is 0 Å². The average molecular weight is 198 g/mol. The van der Waals surface area contributed by atoms with E-state index >= 15 is 0 Å². The molecule has 0 aliphatic heterocycles. The van der Waals surface area contributed by atoms with E-state index in [1.165, 1.54) is 12.1 Å². The van der Waals surface area contributed by atoms with Crippen LogP contribution in [0.5, 0.6) is 0 Å². The summed E-state index contributed by atoms with van der Waals surface area (Å²) in [7, 11) is 0. The number of alkyl halides is 3. The number of hydrogen-bond donors (Lipinski definition) is 0. The van der Waals surface area contributed by atoms with Gasteiger partial charge in [0.05, 0.1) is 5.56 Å². The van der Waals surface area contributed by atoms with Gasteiger partial charge in [0.2, 0.25) is 5.78 Å². The maximum absolute atomic E-state index is 12.3. The van der Waals surface area contributed by atoms with Gasteiger partial charge in [-0.25, -0.2) is 0 Å². The number of Topliss-reactive ketones (excluding diaryl/α,β-unsaturated/α-hetero) is 1. The van der Waals surface area contributed by atoms with Crippen molar-refractivity contribution in [2.45, 2.75) is 6.18 Å². The van der Waals surface area contributed by atoms with Crippen LogP contribution in [0.25, 0.3) is 0 Å². The Labute approximate surface area is 78.5 Å². The van der Waals surface area contributed by atoms with E-state index in [9.17, 15) is 18.0 Å². The molecule has 0 spiro atoms. The first-order valence-electron chi connectivity index (χ1n) is 3.64. The third-order valence-electron chi connectivity index (χ3n) is 1.61. The molecule has 0 amide bonds. The molecule has 0 N–H and O–H groups in total. The van der Waals surface area contributed by atoms with E-state index in [4.69, 9.17) is 6.42 Å². The van der Waals surface area contributed by atoms with Crippen LogP contribution in [0.1, 0.15) is 15.9 Å². The van der Waals surface area contributed by atoms with Crippen molar-refractivity contribution in [2.24, 2.45) is 0 Å². The van der Waals surface area contributed by atoms with Gasteiger partial charge >= 0.3 is 6.18 Å². The largest absolute Gasteiger partial charge is 0.417 e. The summed E-state index contributed by atoms with van der Waals surface area (Å²) < 4.78 is 37.0. The first-order valence-corrected chi connectivity index (χ1v) is 3.64. The van der Waals surface area contributed by atoms with Gasteiger partial charge in [0.1, 0.15) is 0 Å². The Morgan fingerprint density at radius 2 is 1.86 bits per heavy atom. The van der Waals surface area contributed by atoms with Crippen LogP contribution in [0, 0.1) is 12.3 Å². The Kier molecular flexibility index (Phi) is 2.61. The quantitative estimate of drug-likeness (QED) is 0.385. The van der Waals surface area contributed by atoms with Crippen molar-refractivity contribution < 1.29 is 18.0 Å². The Morgan fingerprint density at radius 3 is 2.36 bits per heavy atom. The zero-order chi connectivity index (χ0) is 10.8. The monoisotopic (exact) mass is 198 g/mol. The molecule has 4 heteroatoms. The average Bonchev–Trinajstić information content (AvgIpc) is 2.15. The smallest absolute Gasteiger partial charge is 0.279 e. The van der Waals surface area contributed by atoms with Crippen molar-refractivity contribution in [3.8, 4) is 12.3 Å². The standard InChI is InChI=1S/C10H5F3O/c1-2-9(14)7-5-3-4-6-8(7)10(11,12)13/h1,3-6H. The molecular formula is C10H5F3O. The molecule has 0 aliphatic rings. The minimum absolute atomic E-state index is 0.484. The topological polar surface area (TPSA) is 17.1 Å². The summed E-state index contributed by atoms with van der Waals surface area (Å²) in [6, 6.07) is 4.42. The van der Waals surface area contributed by atoms with E-state index in [-0.39, 0.29) is 0 Å². The van der Waals surface area contributed by atoms with Crippen molar-refractivity contribution in [2.75, 3.05) is 0 Å². The lowest BCUT2D eigenvalue weighted by Crippen LogP contribution is -2.11. The van der Waals surface area contributed by atoms with Crippen LogP contribution in [0.3, 0.4) is 0 Å². The van der Waals surface area contributed by atoms with Gasteiger partial charge in [-0.15, -0.1) is 6.42 Å². The highest BCUT2D eigenvalue weighted by atomic mass is 19.4. The van der Waals surface area contributed by atoms with Crippen molar-refractivity contribution in [1.29, 1.82) is 0 Å². The summed E-state index contributed by atoms with van der Waals surface area (Å²) in [4.78, 5) is 10.9. The molecule has 0 saturated carbocycles. The summed E-state index contributed by atoms with van der Waals surface area (Å²) in [5, 5.41) is 0. The molecule has 0 bridgehead atoms. The third kappa shape index (κ3) is 1.94. The number of rotatable bonds is 1. The SMILES string of the molecule is C#CC(=O)c1ccccc1C(F)(F)F. The molecule has 0 atom stereocenters. The fourth-order valence-electron chi connectivity index (χ4n) is 1.01. The minimum atomic E-state index is -4.55. The van der Waals surface area contributed by atoms with Crippen LogP contribution in [-0.4, -0.2) is 5.78 Å². The summed E-state index contributed by atoms with van der Waals surface area (Å²) in [6.45, 7) is 0. The highest BCUT2D eigenvalue weighted by Gasteiger charge is 2.34. The zero-order valence-corrected chi connectivity index (χ0v) is 6.93. The van der Waals surface area contributed by atoms with E-state index in [0.29, 0.717) is 0 Å². The highest BCUT2D eigenvalue weighted by Crippen LogP contribution is 2.31. The predicted octanol–water partition coefficient (Wildman–Crippen LogP) is 2.52. The maximum atomic E-state index is 12.3. The number of halogens is 3. The van der Waals surface area contributed by atoms with Gasteiger partial charge in [-0.05, 0) is 18.1 Å². The second-order valence-corrected chi connectivity index (χ2v) is 2.52. The second kappa shape index (κ2) is 3.54. The van der Waals surface area contributed by atoms with Crippen LogP contribution in [0.4, 0.5) is 13.2 Å². The zero-order valence-electron chi connectivity index (χ0n) is 6.93. The fraction of sp³-hybridized carbons (Fsp3) is 0.100. The van der Waals surface area contributed by atoms with Gasteiger partial charge in [0, 0.05) is 5.56 Å². The van der Waals surface area contributed by atoms with E-state index in [1.54, 1.807) is 5.92 Å². The molecule has 0 aliphatic carbocycles. The first kappa shape index (κ1) is 10.3. The van der Waals surface area contributed by atoms with Crippen LogP contribution >= 0.6 is 0 Å². The van der Waals surface area contributed by atoms with E-state index < -0.39 is 23.1 Å². The molecule has 72 valence electrons. The van der Waals surface area contributed by atoms with Crippen LogP contribution in [-0.2, 0) is 6.18 Å². The molecule has 1 nitrogen and oxygen atoms in total. The Balaban J connectivity index is 3.32. The van der Waals surface area contributed by atoms with E-state index in [0.717, 1.165) is 12.1 Å². The predicted molar refractivity (Wildman–Crippen MR) is 44.6 cm³/mol. The Hall–Kier alpha value is -1.76. The number of carbonyl (C=O) groups excluding carboxylic acids is 1. The van der Waals surface area contributed by atoms with E-state index in [1.807, 2.05) is 0 Å². The summed E-state index contributed by atoms with van der Waals surface area (Å²) in [5.74, 6) is 0.695. The van der Waals surface area contributed by atoms with Crippen molar-refractivity contribution in [1.82, 2.24) is 0 Å². The molecule has 1 aromatic carbocycles. The number of benzene rings is 1. The number of carbonyl (C=O) groups is 1. The lowest BCUT2D eigenvalue weighted by Gasteiger charge is -2.09. The Bertz CT molecular complexity index is 399. The van der Waals surface area contributed by atoms with Crippen molar-refractivity contribution in [3.05, 3.63) is 35.4 Å². The molecule has 0 radical (unpaired) electrons. The summed E-state index contributed by atoms with van der Waals surface area (Å²) in [5.41, 5.74) is -1.48. The first-order chi connectivity index (χ1) is 6.46. The van der Waals surface area contributed by atoms with Gasteiger partial charge in [-0.2, -0.15) is 13.2 Å². The molecule has 0 heterocycles. The number of ketones is 1. The maximum Gasteiger partial charge on any atom is 0.417 e. The minimum Gasteiger partial charge on any atom is -0.279 e. The van der Waals surface area contributed by atoms with Crippen molar-refractivity contribution >= 4 is 5.78 Å². The molecule has 1 rings (SSSR count). The van der Waals surface area contributed by atoms with Crippen LogP contribution < -0.4 is 0 Å². The Morgan fingerprint density at radius 1 is 1.29 bits per heavy atom. The molecule has 0 fully saturated rings. The fourth-order valence-corrected chi connectivity index (χ4v) is 1.01. The van der Waals surface area contributed by atoms with Crippen LogP contribution in [0.2, 0.25) is 0 Å². The molecular weight excluding hydrogens is 193 g/mol. The van der Waals surface area contributed by atoms with Gasteiger partial charge in [0.15, 0.2) is 0 Å². The molecule has 0 aromatic heterocycles. The lowest BCUT2D eigenvalue weighted by molar-refractivity contribution is -0.137. The number of terminal acetylenes is 1. The normalized spacial score (nSPS) is 10.7. The third-order valence-corrected chi connectivity index (χ3v) is 1.61. The van der Waals surface area contributed by atoms with Gasteiger partial charge < -0.3 is 0 Å². The lowest BCUT2D eigenvalue weighted by atomic mass is 10.0. The van der Waals surface area contributed by atoms with Gasteiger partial charge in [-0.3, -0.25) is 4.79 Å². The molecule has 14 heavy (non-hydrogen) atoms. The van der Waals surface area contributed by atoms with Crippen LogP contribution in [0.15, 0.2) is 24.3 Å². The number of hydrogen-bond acceptors (Lipinski definition) is 1. The second-order valence-electron chi connectivity index (χ2n) is 2.52. The molecule has 1 aromatic rings.